The summed E-state index contributed by atoms with van der Waals surface area (Å²) in [6, 6.07) is 8.69. The van der Waals surface area contributed by atoms with Crippen LogP contribution in [0.2, 0.25) is 0 Å². The molecule has 2 rings (SSSR count). The molecule has 20 heavy (non-hydrogen) atoms. The molecule has 1 aromatic rings. The molecule has 0 spiro atoms. The number of nitrogens with zero attached hydrogens (tertiary/aromatic N) is 1. The number of aliphatic imine (C=N–C) groups is 1. The van der Waals surface area contributed by atoms with Crippen molar-refractivity contribution < 1.29 is 4.74 Å². The van der Waals surface area contributed by atoms with Crippen molar-refractivity contribution in [1.82, 2.24) is 10.6 Å². The minimum atomic E-state index is 0.589. The van der Waals surface area contributed by atoms with Gasteiger partial charge in [0.25, 0.3) is 0 Å². The second-order valence-electron chi connectivity index (χ2n) is 5.39. The van der Waals surface area contributed by atoms with Gasteiger partial charge in [-0.1, -0.05) is 24.6 Å². The highest BCUT2D eigenvalue weighted by molar-refractivity contribution is 5.80. The summed E-state index contributed by atoms with van der Waals surface area (Å²) in [5.74, 6) is 2.57. The van der Waals surface area contributed by atoms with E-state index in [-0.39, 0.29) is 0 Å². The summed E-state index contributed by atoms with van der Waals surface area (Å²) in [7, 11) is 0. The molecule has 0 heterocycles. The molecular weight excluding hydrogens is 250 g/mol. The molecule has 1 aromatic carbocycles. The number of guanidine groups is 1. The van der Waals surface area contributed by atoms with Gasteiger partial charge in [-0.25, -0.2) is 4.99 Å². The van der Waals surface area contributed by atoms with Gasteiger partial charge >= 0.3 is 0 Å². The Balaban J connectivity index is 1.73. The average Bonchev–Trinajstić information content (AvgIpc) is 3.12. The maximum atomic E-state index is 5.67. The van der Waals surface area contributed by atoms with E-state index >= 15 is 0 Å². The second-order valence-corrected chi connectivity index (χ2v) is 5.39. The molecule has 4 nitrogen and oxygen atoms in total. The molecule has 0 aromatic heterocycles. The predicted molar refractivity (Wildman–Crippen MR) is 83.4 cm³/mol. The number of hydrogen-bond acceptors (Lipinski definition) is 2. The number of hydrogen-bond donors (Lipinski definition) is 2. The van der Waals surface area contributed by atoms with Crippen LogP contribution in [0.3, 0.4) is 0 Å². The number of rotatable bonds is 6. The lowest BCUT2D eigenvalue weighted by molar-refractivity contribution is 0.328. The lowest BCUT2D eigenvalue weighted by Crippen LogP contribution is -2.39. The van der Waals surface area contributed by atoms with Crippen LogP contribution in [0.15, 0.2) is 29.3 Å². The van der Waals surface area contributed by atoms with E-state index in [1.807, 2.05) is 12.1 Å². The highest BCUT2D eigenvalue weighted by atomic mass is 16.5. The maximum absolute atomic E-state index is 5.67. The van der Waals surface area contributed by atoms with Gasteiger partial charge in [-0.2, -0.15) is 0 Å². The first-order valence-corrected chi connectivity index (χ1v) is 7.43. The topological polar surface area (TPSA) is 45.7 Å². The van der Waals surface area contributed by atoms with Crippen molar-refractivity contribution in [3.63, 3.8) is 0 Å². The first-order chi connectivity index (χ1) is 9.69. The van der Waals surface area contributed by atoms with Crippen LogP contribution < -0.4 is 15.4 Å². The molecule has 110 valence electrons. The van der Waals surface area contributed by atoms with Crippen LogP contribution in [0.4, 0.5) is 0 Å². The molecule has 0 bridgehead atoms. The highest BCUT2D eigenvalue weighted by Gasteiger charge is 2.33. The average molecular weight is 275 g/mol. The zero-order valence-electron chi connectivity index (χ0n) is 12.6. The Hall–Kier alpha value is -1.71. The summed E-state index contributed by atoms with van der Waals surface area (Å²) in [4.78, 5) is 4.53. The van der Waals surface area contributed by atoms with Crippen molar-refractivity contribution in [2.75, 3.05) is 19.7 Å². The minimum absolute atomic E-state index is 0.589. The fourth-order valence-corrected chi connectivity index (χ4v) is 1.97. The van der Waals surface area contributed by atoms with Crippen molar-refractivity contribution >= 4 is 5.96 Å². The molecule has 2 N–H and O–H groups in total. The number of ether oxygens (including phenoxy) is 1. The third-order valence-electron chi connectivity index (χ3n) is 3.43. The molecule has 0 radical (unpaired) electrons. The Morgan fingerprint density at radius 1 is 1.35 bits per heavy atom. The highest BCUT2D eigenvalue weighted by Crippen LogP contribution is 2.28. The van der Waals surface area contributed by atoms with Gasteiger partial charge in [0, 0.05) is 12.6 Å². The van der Waals surface area contributed by atoms with E-state index in [9.17, 15) is 0 Å². The Bertz CT molecular complexity index is 442. The third kappa shape index (κ3) is 4.76. The number of benzene rings is 1. The van der Waals surface area contributed by atoms with Gasteiger partial charge in [0.1, 0.15) is 12.4 Å². The van der Waals surface area contributed by atoms with Crippen LogP contribution in [0.5, 0.6) is 5.75 Å². The smallest absolute Gasteiger partial charge is 0.191 e. The monoisotopic (exact) mass is 275 g/mol. The molecule has 0 saturated heterocycles. The van der Waals surface area contributed by atoms with E-state index < -0.39 is 0 Å². The summed E-state index contributed by atoms with van der Waals surface area (Å²) in [5.41, 5.74) is 1.24. The van der Waals surface area contributed by atoms with Crippen molar-refractivity contribution in [2.45, 2.75) is 33.2 Å². The fraction of sp³-hybridized carbons (Fsp3) is 0.562. The fourth-order valence-electron chi connectivity index (χ4n) is 1.97. The second kappa shape index (κ2) is 7.17. The van der Waals surface area contributed by atoms with E-state index in [0.717, 1.165) is 24.2 Å². The standard InChI is InChI=1S/C16H25N3O/c1-4-17-16(19-15-11-13(15)3)18-9-10-20-14-7-5-12(2)6-8-14/h5-8,13,15H,4,9-11H2,1-3H3,(H2,17,18,19). The van der Waals surface area contributed by atoms with Gasteiger partial charge in [-0.15, -0.1) is 0 Å². The van der Waals surface area contributed by atoms with Gasteiger partial charge < -0.3 is 15.4 Å². The minimum Gasteiger partial charge on any atom is -0.492 e. The van der Waals surface area contributed by atoms with Gasteiger partial charge in [0.2, 0.25) is 0 Å². The maximum Gasteiger partial charge on any atom is 0.191 e. The lowest BCUT2D eigenvalue weighted by atomic mass is 10.2. The summed E-state index contributed by atoms with van der Waals surface area (Å²) >= 11 is 0. The first-order valence-electron chi connectivity index (χ1n) is 7.43. The van der Waals surface area contributed by atoms with Crippen molar-refractivity contribution in [2.24, 2.45) is 10.9 Å². The third-order valence-corrected chi connectivity index (χ3v) is 3.43. The quantitative estimate of drug-likeness (QED) is 0.476. The predicted octanol–water partition coefficient (Wildman–Crippen LogP) is 2.34. The number of nitrogens with one attached hydrogen (secondary N) is 2. The van der Waals surface area contributed by atoms with Crippen molar-refractivity contribution in [3.05, 3.63) is 29.8 Å². The van der Waals surface area contributed by atoms with Crippen LogP contribution in [-0.2, 0) is 0 Å². The Kier molecular flexibility index (Phi) is 5.27. The summed E-state index contributed by atoms with van der Waals surface area (Å²) < 4.78 is 5.67. The molecule has 2 atom stereocenters. The van der Waals surface area contributed by atoms with Gasteiger partial charge in [0.15, 0.2) is 5.96 Å². The summed E-state index contributed by atoms with van der Waals surface area (Å²) in [6.07, 6.45) is 1.24. The molecule has 4 heteroatoms. The summed E-state index contributed by atoms with van der Waals surface area (Å²) in [6.45, 7) is 8.54. The molecule has 0 aliphatic heterocycles. The molecule has 0 amide bonds. The summed E-state index contributed by atoms with van der Waals surface area (Å²) in [5, 5.41) is 6.70. The van der Waals surface area contributed by atoms with E-state index in [1.165, 1.54) is 12.0 Å². The molecule has 2 unspecified atom stereocenters. The van der Waals surface area contributed by atoms with Crippen molar-refractivity contribution in [1.29, 1.82) is 0 Å². The van der Waals surface area contributed by atoms with Gasteiger partial charge in [0.05, 0.1) is 6.54 Å². The Morgan fingerprint density at radius 3 is 2.65 bits per heavy atom. The van der Waals surface area contributed by atoms with Crippen LogP contribution in [0, 0.1) is 12.8 Å². The van der Waals surface area contributed by atoms with E-state index in [0.29, 0.717) is 19.2 Å². The Morgan fingerprint density at radius 2 is 2.05 bits per heavy atom. The zero-order valence-corrected chi connectivity index (χ0v) is 12.6. The first kappa shape index (κ1) is 14.7. The molecule has 1 fully saturated rings. The Labute approximate surface area is 121 Å². The van der Waals surface area contributed by atoms with Crippen LogP contribution in [0.1, 0.15) is 25.8 Å². The van der Waals surface area contributed by atoms with Gasteiger partial charge in [-0.05, 0) is 38.3 Å². The van der Waals surface area contributed by atoms with Gasteiger partial charge in [-0.3, -0.25) is 0 Å². The van der Waals surface area contributed by atoms with E-state index in [4.69, 9.17) is 4.74 Å². The largest absolute Gasteiger partial charge is 0.492 e. The molecule has 1 aliphatic rings. The molecule has 1 saturated carbocycles. The van der Waals surface area contributed by atoms with Crippen molar-refractivity contribution in [3.8, 4) is 5.75 Å². The van der Waals surface area contributed by atoms with Crippen LogP contribution in [-0.4, -0.2) is 31.7 Å². The van der Waals surface area contributed by atoms with Crippen LogP contribution >= 0.6 is 0 Å². The van der Waals surface area contributed by atoms with E-state index in [1.54, 1.807) is 0 Å². The zero-order chi connectivity index (χ0) is 14.4. The SMILES string of the molecule is CCNC(=NCCOc1ccc(C)cc1)NC1CC1C. The lowest BCUT2D eigenvalue weighted by Gasteiger charge is -2.11. The molecule has 1 aliphatic carbocycles. The number of aryl methyl sites for hydroxylation is 1. The normalized spacial score (nSPS) is 21.4. The van der Waals surface area contributed by atoms with E-state index in [2.05, 4.69) is 48.5 Å². The molecular formula is C16H25N3O. The van der Waals surface area contributed by atoms with Crippen LogP contribution in [0.25, 0.3) is 0 Å².